The molecule has 1 saturated heterocycles. The second-order valence-corrected chi connectivity index (χ2v) is 8.77. The van der Waals surface area contributed by atoms with Gasteiger partial charge in [-0.2, -0.15) is 0 Å². The molecule has 1 heterocycles. The summed E-state index contributed by atoms with van der Waals surface area (Å²) in [6.07, 6.45) is 3.67. The van der Waals surface area contributed by atoms with Crippen molar-refractivity contribution in [3.8, 4) is 11.5 Å². The first kappa shape index (κ1) is 27.1. The van der Waals surface area contributed by atoms with Crippen LogP contribution in [0.4, 0.5) is 0 Å². The number of piperazine rings is 1. The smallest absolute Gasteiger partial charge is 0.308 e. The summed E-state index contributed by atoms with van der Waals surface area (Å²) in [5, 5.41) is 0. The van der Waals surface area contributed by atoms with E-state index in [4.69, 9.17) is 18.9 Å². The van der Waals surface area contributed by atoms with Gasteiger partial charge in [0.15, 0.2) is 17.6 Å². The standard InChI is InChI=1S/C26H32N2O8/c1-17(29)33-23-7-5-21(13-25(23)35-19(3)31)15-27-9-11-28(12-10-27)16-22-6-8-24(34-18(2)30)26(14-22)36-20(4)32/h5-7,13-14,24H,8-12,15-16H2,1-4H3. The minimum Gasteiger partial charge on any atom is -0.454 e. The van der Waals surface area contributed by atoms with Gasteiger partial charge >= 0.3 is 23.9 Å². The Bertz CT molecular complexity index is 1070. The largest absolute Gasteiger partial charge is 0.454 e. The maximum Gasteiger partial charge on any atom is 0.308 e. The van der Waals surface area contributed by atoms with Crippen LogP contribution in [0, 0.1) is 0 Å². The molecule has 36 heavy (non-hydrogen) atoms. The van der Waals surface area contributed by atoms with E-state index in [2.05, 4.69) is 9.80 Å². The second kappa shape index (κ2) is 12.5. The molecule has 1 aliphatic carbocycles. The number of benzene rings is 1. The molecule has 1 unspecified atom stereocenters. The molecule has 1 aliphatic heterocycles. The molecule has 2 aliphatic rings. The van der Waals surface area contributed by atoms with Crippen LogP contribution in [0.2, 0.25) is 0 Å². The van der Waals surface area contributed by atoms with Crippen LogP contribution < -0.4 is 9.47 Å². The Morgan fingerprint density at radius 3 is 1.94 bits per heavy atom. The van der Waals surface area contributed by atoms with Crippen molar-refractivity contribution in [2.45, 2.75) is 46.8 Å². The van der Waals surface area contributed by atoms with Gasteiger partial charge in [-0.3, -0.25) is 29.0 Å². The Balaban J connectivity index is 1.56. The van der Waals surface area contributed by atoms with Gasteiger partial charge in [0.25, 0.3) is 0 Å². The summed E-state index contributed by atoms with van der Waals surface area (Å²) in [7, 11) is 0. The molecule has 0 bridgehead atoms. The molecule has 0 aromatic heterocycles. The third-order valence-electron chi connectivity index (χ3n) is 5.60. The van der Waals surface area contributed by atoms with Gasteiger partial charge in [-0.25, -0.2) is 0 Å². The summed E-state index contributed by atoms with van der Waals surface area (Å²) < 4.78 is 20.9. The molecule has 10 heteroatoms. The van der Waals surface area contributed by atoms with Crippen LogP contribution in [0.15, 0.2) is 41.7 Å². The Hall–Kier alpha value is -3.50. The number of ether oxygens (including phenoxy) is 4. The third-order valence-corrected chi connectivity index (χ3v) is 5.60. The van der Waals surface area contributed by atoms with E-state index in [9.17, 15) is 19.2 Å². The lowest BCUT2D eigenvalue weighted by Gasteiger charge is -2.35. The van der Waals surface area contributed by atoms with Gasteiger partial charge in [0, 0.05) is 73.4 Å². The van der Waals surface area contributed by atoms with Crippen LogP contribution in [0.3, 0.4) is 0 Å². The highest BCUT2D eigenvalue weighted by molar-refractivity contribution is 5.73. The summed E-state index contributed by atoms with van der Waals surface area (Å²) in [5.74, 6) is -1.06. The van der Waals surface area contributed by atoms with Crippen molar-refractivity contribution >= 4 is 23.9 Å². The van der Waals surface area contributed by atoms with Gasteiger partial charge in [0.2, 0.25) is 0 Å². The number of hydrogen-bond donors (Lipinski definition) is 0. The fraction of sp³-hybridized carbons (Fsp3) is 0.462. The van der Waals surface area contributed by atoms with Gasteiger partial charge in [0.1, 0.15) is 5.76 Å². The Labute approximate surface area is 210 Å². The van der Waals surface area contributed by atoms with Crippen LogP contribution in [0.1, 0.15) is 39.7 Å². The lowest BCUT2D eigenvalue weighted by Crippen LogP contribution is -2.46. The van der Waals surface area contributed by atoms with Crippen LogP contribution in [0.25, 0.3) is 0 Å². The molecule has 194 valence electrons. The minimum atomic E-state index is -0.587. The molecule has 10 nitrogen and oxygen atoms in total. The van der Waals surface area contributed by atoms with Crippen LogP contribution in [-0.4, -0.2) is 72.5 Å². The number of esters is 4. The molecule has 0 radical (unpaired) electrons. The van der Waals surface area contributed by atoms with E-state index < -0.39 is 30.0 Å². The van der Waals surface area contributed by atoms with Gasteiger partial charge in [-0.05, 0) is 29.3 Å². The summed E-state index contributed by atoms with van der Waals surface area (Å²) >= 11 is 0. The zero-order valence-corrected chi connectivity index (χ0v) is 21.1. The Kier molecular flexibility index (Phi) is 9.38. The van der Waals surface area contributed by atoms with Gasteiger partial charge in [-0.1, -0.05) is 12.1 Å². The highest BCUT2D eigenvalue weighted by Crippen LogP contribution is 2.30. The van der Waals surface area contributed by atoms with Crippen molar-refractivity contribution in [3.05, 3.63) is 47.2 Å². The average molecular weight is 501 g/mol. The maximum absolute atomic E-state index is 11.5. The molecule has 0 spiro atoms. The molecule has 1 atom stereocenters. The quantitative estimate of drug-likeness (QED) is 0.389. The number of rotatable bonds is 8. The van der Waals surface area contributed by atoms with E-state index >= 15 is 0 Å². The lowest BCUT2D eigenvalue weighted by molar-refractivity contribution is -0.150. The first-order valence-electron chi connectivity index (χ1n) is 11.8. The van der Waals surface area contributed by atoms with Crippen molar-refractivity contribution in [1.82, 2.24) is 9.80 Å². The molecule has 0 amide bonds. The van der Waals surface area contributed by atoms with E-state index in [0.717, 1.165) is 37.3 Å². The zero-order chi connectivity index (χ0) is 26.2. The van der Waals surface area contributed by atoms with Gasteiger partial charge in [0.05, 0.1) is 0 Å². The van der Waals surface area contributed by atoms with Crippen molar-refractivity contribution in [2.75, 3.05) is 32.7 Å². The summed E-state index contributed by atoms with van der Waals surface area (Å²) in [6, 6.07) is 5.21. The van der Waals surface area contributed by atoms with E-state index in [1.165, 1.54) is 27.7 Å². The number of nitrogens with zero attached hydrogens (tertiary/aromatic N) is 2. The van der Waals surface area contributed by atoms with Gasteiger partial charge < -0.3 is 18.9 Å². The number of hydrogen-bond acceptors (Lipinski definition) is 10. The SMILES string of the molecule is CC(=O)OC1=CC(CN2CCN(Cc3ccc(OC(C)=O)c(OC(C)=O)c3)CC2)=CCC1OC(C)=O. The first-order chi connectivity index (χ1) is 17.1. The van der Waals surface area contributed by atoms with E-state index in [1.54, 1.807) is 18.2 Å². The predicted octanol–water partition coefficient (Wildman–Crippen LogP) is 2.36. The molecular formula is C26H32N2O8. The van der Waals surface area contributed by atoms with Crippen LogP contribution in [-0.2, 0) is 35.2 Å². The Morgan fingerprint density at radius 2 is 1.36 bits per heavy atom. The second-order valence-electron chi connectivity index (χ2n) is 8.77. The number of carbonyl (C=O) groups is 4. The highest BCUT2D eigenvalue weighted by Gasteiger charge is 2.25. The van der Waals surface area contributed by atoms with Crippen molar-refractivity contribution < 1.29 is 38.1 Å². The molecule has 0 N–H and O–H groups in total. The monoisotopic (exact) mass is 500 g/mol. The maximum atomic E-state index is 11.5. The molecule has 3 rings (SSSR count). The van der Waals surface area contributed by atoms with Crippen LogP contribution >= 0.6 is 0 Å². The molecule has 1 aromatic carbocycles. The minimum absolute atomic E-state index is 0.212. The van der Waals surface area contributed by atoms with Gasteiger partial charge in [-0.15, -0.1) is 0 Å². The van der Waals surface area contributed by atoms with E-state index in [1.807, 2.05) is 12.1 Å². The molecule has 1 fully saturated rings. The van der Waals surface area contributed by atoms with E-state index in [0.29, 0.717) is 25.3 Å². The zero-order valence-electron chi connectivity index (χ0n) is 21.1. The highest BCUT2D eigenvalue weighted by atomic mass is 16.6. The third kappa shape index (κ3) is 8.31. The van der Waals surface area contributed by atoms with Crippen molar-refractivity contribution in [1.29, 1.82) is 0 Å². The predicted molar refractivity (Wildman–Crippen MR) is 129 cm³/mol. The topological polar surface area (TPSA) is 112 Å². The first-order valence-corrected chi connectivity index (χ1v) is 11.8. The van der Waals surface area contributed by atoms with Crippen molar-refractivity contribution in [3.63, 3.8) is 0 Å². The Morgan fingerprint density at radius 1 is 0.778 bits per heavy atom. The molecular weight excluding hydrogens is 468 g/mol. The summed E-state index contributed by atoms with van der Waals surface area (Å²) in [5.41, 5.74) is 1.95. The summed E-state index contributed by atoms with van der Waals surface area (Å²) in [6.45, 7) is 9.93. The lowest BCUT2D eigenvalue weighted by atomic mass is 10.0. The normalized spacial score (nSPS) is 18.5. The fourth-order valence-electron chi connectivity index (χ4n) is 4.13. The van der Waals surface area contributed by atoms with Crippen molar-refractivity contribution in [2.24, 2.45) is 0 Å². The molecule has 0 saturated carbocycles. The fourth-order valence-corrected chi connectivity index (χ4v) is 4.13. The summed E-state index contributed by atoms with van der Waals surface area (Å²) in [4.78, 5) is 50.2. The average Bonchev–Trinajstić information content (AvgIpc) is 2.77. The van der Waals surface area contributed by atoms with Crippen LogP contribution in [0.5, 0.6) is 11.5 Å². The number of carbonyl (C=O) groups excluding carboxylic acids is 4. The van der Waals surface area contributed by atoms with E-state index in [-0.39, 0.29) is 11.5 Å². The molecule has 1 aromatic rings.